The number of rotatable bonds is 4. The molecule has 0 aliphatic heterocycles. The zero-order chi connectivity index (χ0) is 13.3. The highest BCUT2D eigenvalue weighted by Crippen LogP contribution is 2.34. The number of thiazole rings is 1. The van der Waals surface area contributed by atoms with Crippen LogP contribution in [0.2, 0.25) is 5.02 Å². The Kier molecular flexibility index (Phi) is 4.45. The minimum absolute atomic E-state index is 0.188. The topological polar surface area (TPSA) is 59.1 Å². The van der Waals surface area contributed by atoms with Gasteiger partial charge in [0.1, 0.15) is 9.22 Å². The first-order chi connectivity index (χ1) is 8.38. The fourth-order valence-electron chi connectivity index (χ4n) is 1.17. The van der Waals surface area contributed by atoms with E-state index >= 15 is 0 Å². The summed E-state index contributed by atoms with van der Waals surface area (Å²) in [6, 6.07) is 1.42. The fourth-order valence-corrected chi connectivity index (χ4v) is 5.40. The Hall–Kier alpha value is 0.01000. The minimum atomic E-state index is -3.53. The molecule has 18 heavy (non-hydrogen) atoms. The zero-order valence-corrected chi connectivity index (χ0v) is 13.9. The average Bonchev–Trinajstić information content (AvgIpc) is 2.84. The van der Waals surface area contributed by atoms with Crippen LogP contribution < -0.4 is 4.72 Å². The van der Waals surface area contributed by atoms with Crippen molar-refractivity contribution in [3.8, 4) is 0 Å². The van der Waals surface area contributed by atoms with Crippen molar-refractivity contribution in [1.29, 1.82) is 0 Å². The second-order valence-electron chi connectivity index (χ2n) is 3.39. The summed E-state index contributed by atoms with van der Waals surface area (Å²) in [4.78, 5) is 4.19. The molecule has 2 heterocycles. The van der Waals surface area contributed by atoms with E-state index < -0.39 is 10.0 Å². The predicted octanol–water partition coefficient (Wildman–Crippen LogP) is 3.41. The lowest BCUT2D eigenvalue weighted by atomic mass is 10.6. The quantitative estimate of drug-likeness (QED) is 0.874. The molecule has 0 aromatic carbocycles. The Balaban J connectivity index is 2.12. The predicted molar refractivity (Wildman–Crippen MR) is 77.9 cm³/mol. The van der Waals surface area contributed by atoms with E-state index in [-0.39, 0.29) is 10.8 Å². The summed E-state index contributed by atoms with van der Waals surface area (Å²) in [5.41, 5.74) is 0.885. The van der Waals surface area contributed by atoms with Crippen LogP contribution in [-0.2, 0) is 16.6 Å². The van der Waals surface area contributed by atoms with Gasteiger partial charge >= 0.3 is 0 Å². The molecule has 2 aromatic heterocycles. The molecular formula is C9H8BrClN2O2S3. The van der Waals surface area contributed by atoms with Crippen molar-refractivity contribution >= 4 is 60.2 Å². The molecule has 0 amide bonds. The van der Waals surface area contributed by atoms with Gasteiger partial charge in [-0.1, -0.05) is 11.6 Å². The molecule has 0 saturated heterocycles. The van der Waals surface area contributed by atoms with Gasteiger partial charge in [0.25, 0.3) is 10.0 Å². The lowest BCUT2D eigenvalue weighted by Gasteiger charge is -2.01. The van der Waals surface area contributed by atoms with Crippen LogP contribution in [0.25, 0.3) is 0 Å². The van der Waals surface area contributed by atoms with Gasteiger partial charge in [0.2, 0.25) is 0 Å². The van der Waals surface area contributed by atoms with Crippen LogP contribution in [0, 0.1) is 6.92 Å². The van der Waals surface area contributed by atoms with E-state index in [9.17, 15) is 8.42 Å². The van der Waals surface area contributed by atoms with Crippen molar-refractivity contribution in [2.75, 3.05) is 0 Å². The second-order valence-corrected chi connectivity index (χ2v) is 9.11. The Morgan fingerprint density at radius 1 is 1.56 bits per heavy atom. The van der Waals surface area contributed by atoms with Crippen LogP contribution >= 0.6 is 50.2 Å². The molecule has 0 saturated carbocycles. The second kappa shape index (κ2) is 5.56. The molecule has 1 N–H and O–H groups in total. The molecule has 0 aliphatic rings. The van der Waals surface area contributed by atoms with E-state index in [0.717, 1.165) is 22.0 Å². The summed E-state index contributed by atoms with van der Waals surface area (Å²) < 4.78 is 27.2. The molecule has 98 valence electrons. The van der Waals surface area contributed by atoms with Gasteiger partial charge in [-0.25, -0.2) is 18.1 Å². The average molecular weight is 388 g/mol. The van der Waals surface area contributed by atoms with Gasteiger partial charge in [-0.3, -0.25) is 0 Å². The molecule has 0 fully saturated rings. The maximum atomic E-state index is 12.0. The molecule has 9 heteroatoms. The number of aromatic nitrogens is 1. The third kappa shape index (κ3) is 3.31. The Bertz CT molecular complexity index is 646. The van der Waals surface area contributed by atoms with Crippen molar-refractivity contribution in [3.63, 3.8) is 0 Å². The Morgan fingerprint density at radius 2 is 2.28 bits per heavy atom. The standard InChI is InChI=1S/C9H8BrClN2O2S3/c1-5-4-16-7(13-5)3-12-18(14,15)8-2-6(11)9(10)17-8/h2,4,12H,3H2,1H3. The highest BCUT2D eigenvalue weighted by molar-refractivity contribution is 9.11. The number of sulfonamides is 1. The van der Waals surface area contributed by atoms with Gasteiger partial charge in [-0.15, -0.1) is 22.7 Å². The van der Waals surface area contributed by atoms with E-state index in [4.69, 9.17) is 11.6 Å². The monoisotopic (exact) mass is 386 g/mol. The SMILES string of the molecule is Cc1csc(CNS(=O)(=O)c2cc(Cl)c(Br)s2)n1. The number of hydrogen-bond donors (Lipinski definition) is 1. The van der Waals surface area contributed by atoms with E-state index in [1.807, 2.05) is 12.3 Å². The molecule has 2 aromatic rings. The summed E-state index contributed by atoms with van der Waals surface area (Å²) in [6.45, 7) is 2.05. The van der Waals surface area contributed by atoms with Crippen molar-refractivity contribution in [2.45, 2.75) is 17.7 Å². The van der Waals surface area contributed by atoms with Gasteiger partial charge in [0.05, 0.1) is 15.4 Å². The highest BCUT2D eigenvalue weighted by atomic mass is 79.9. The maximum Gasteiger partial charge on any atom is 0.250 e. The van der Waals surface area contributed by atoms with Gasteiger partial charge in [0, 0.05) is 11.1 Å². The van der Waals surface area contributed by atoms with Gasteiger partial charge < -0.3 is 0 Å². The zero-order valence-electron chi connectivity index (χ0n) is 9.11. The molecule has 0 unspecified atom stereocenters. The van der Waals surface area contributed by atoms with E-state index in [1.165, 1.54) is 17.4 Å². The molecule has 0 atom stereocenters. The lowest BCUT2D eigenvalue weighted by Crippen LogP contribution is -2.22. The number of thiophene rings is 1. The summed E-state index contributed by atoms with van der Waals surface area (Å²) >= 11 is 11.5. The number of halogens is 2. The normalized spacial score (nSPS) is 11.9. The van der Waals surface area contributed by atoms with Crippen molar-refractivity contribution < 1.29 is 8.42 Å². The van der Waals surface area contributed by atoms with Crippen molar-refractivity contribution in [2.24, 2.45) is 0 Å². The van der Waals surface area contributed by atoms with Gasteiger partial charge in [-0.2, -0.15) is 0 Å². The molecule has 0 bridgehead atoms. The van der Waals surface area contributed by atoms with Crippen LogP contribution in [0.1, 0.15) is 10.7 Å². The first-order valence-electron chi connectivity index (χ1n) is 4.74. The largest absolute Gasteiger partial charge is 0.250 e. The Morgan fingerprint density at radius 3 is 2.78 bits per heavy atom. The highest BCUT2D eigenvalue weighted by Gasteiger charge is 2.19. The third-order valence-corrected chi connectivity index (χ3v) is 7.28. The van der Waals surface area contributed by atoms with Crippen molar-refractivity contribution in [3.05, 3.63) is 31.0 Å². The third-order valence-electron chi connectivity index (χ3n) is 1.97. The van der Waals surface area contributed by atoms with Gasteiger partial charge in [0.15, 0.2) is 0 Å². The maximum absolute atomic E-state index is 12.0. The number of nitrogens with zero attached hydrogens (tertiary/aromatic N) is 1. The first kappa shape index (κ1) is 14.4. The molecule has 2 rings (SSSR count). The van der Waals surface area contributed by atoms with Crippen LogP contribution in [0.4, 0.5) is 0 Å². The summed E-state index contributed by atoms with van der Waals surface area (Å²) in [6.07, 6.45) is 0. The fraction of sp³-hybridized carbons (Fsp3) is 0.222. The summed E-state index contributed by atoms with van der Waals surface area (Å²) in [5.74, 6) is 0. The number of nitrogens with one attached hydrogen (secondary N) is 1. The number of hydrogen-bond acceptors (Lipinski definition) is 5. The van der Waals surface area contributed by atoms with Crippen LogP contribution in [-0.4, -0.2) is 13.4 Å². The number of aryl methyl sites for hydroxylation is 1. The van der Waals surface area contributed by atoms with E-state index in [1.54, 1.807) is 0 Å². The lowest BCUT2D eigenvalue weighted by molar-refractivity contribution is 0.583. The molecule has 0 radical (unpaired) electrons. The summed E-state index contributed by atoms with van der Waals surface area (Å²) in [7, 11) is -3.53. The van der Waals surface area contributed by atoms with Crippen LogP contribution in [0.5, 0.6) is 0 Å². The first-order valence-corrected chi connectivity index (χ1v) is 9.09. The molecular weight excluding hydrogens is 380 g/mol. The summed E-state index contributed by atoms with van der Waals surface area (Å²) in [5, 5.41) is 3.01. The minimum Gasteiger partial charge on any atom is -0.245 e. The Labute approximate surface area is 126 Å². The smallest absolute Gasteiger partial charge is 0.245 e. The molecule has 0 spiro atoms. The van der Waals surface area contributed by atoms with E-state index in [2.05, 4.69) is 25.6 Å². The van der Waals surface area contributed by atoms with Crippen molar-refractivity contribution in [1.82, 2.24) is 9.71 Å². The molecule has 4 nitrogen and oxygen atoms in total. The van der Waals surface area contributed by atoms with Crippen LogP contribution in [0.3, 0.4) is 0 Å². The van der Waals surface area contributed by atoms with E-state index in [0.29, 0.717) is 8.81 Å². The van der Waals surface area contributed by atoms with Gasteiger partial charge in [-0.05, 0) is 28.9 Å². The van der Waals surface area contributed by atoms with Crippen LogP contribution in [0.15, 0.2) is 19.4 Å². The molecule has 0 aliphatic carbocycles.